The number of hydrogen-bond acceptors (Lipinski definition) is 4. The van der Waals surface area contributed by atoms with Crippen molar-refractivity contribution in [2.24, 2.45) is 0 Å². The van der Waals surface area contributed by atoms with Crippen molar-refractivity contribution in [3.8, 4) is 21.8 Å². The van der Waals surface area contributed by atoms with Gasteiger partial charge in [-0.15, -0.1) is 11.3 Å². The van der Waals surface area contributed by atoms with Crippen LogP contribution in [0.1, 0.15) is 4.88 Å². The van der Waals surface area contributed by atoms with Gasteiger partial charge < -0.3 is 4.42 Å². The van der Waals surface area contributed by atoms with Gasteiger partial charge in [-0.1, -0.05) is 0 Å². The number of oxazole rings is 1. The fourth-order valence-electron chi connectivity index (χ4n) is 0.945. The highest BCUT2D eigenvalue weighted by molar-refractivity contribution is 14.2. The zero-order chi connectivity index (χ0) is 9.80. The molecule has 0 aromatic carbocycles. The van der Waals surface area contributed by atoms with E-state index < -0.39 is 0 Å². The molecule has 5 heteroatoms. The van der Waals surface area contributed by atoms with Gasteiger partial charge in [0.15, 0.2) is 12.2 Å². The number of rotatable bonds is 1. The average molecular weight is 333 g/mol. The smallest absolute Gasteiger partial charge is 0.181 e. The van der Waals surface area contributed by atoms with Crippen LogP contribution in [0.4, 0.5) is 0 Å². The van der Waals surface area contributed by atoms with Gasteiger partial charge in [0.05, 0.1) is 16.0 Å². The zero-order valence-corrected chi connectivity index (χ0v) is 10.6. The van der Waals surface area contributed by atoms with Gasteiger partial charge in [0, 0.05) is 21.2 Å². The minimum absolute atomic E-state index is 0.796. The third kappa shape index (κ3) is 2.32. The first kappa shape index (κ1) is 10.1. The molecule has 0 unspecified atom stereocenters. The van der Waals surface area contributed by atoms with Crippen LogP contribution in [0.2, 0.25) is 0 Å². The van der Waals surface area contributed by atoms with Crippen molar-refractivity contribution in [2.45, 2.75) is 0 Å². The molecule has 0 aliphatic rings. The highest BCUT2D eigenvalue weighted by atomic mass is 127. The SMILES string of the molecule is ISC#Cc1ccc(-c2cnco2)s1. The van der Waals surface area contributed by atoms with Crippen LogP contribution in [-0.2, 0) is 0 Å². The van der Waals surface area contributed by atoms with E-state index >= 15 is 0 Å². The fourth-order valence-corrected chi connectivity index (χ4v) is 2.30. The number of thiophene rings is 1. The van der Waals surface area contributed by atoms with Crippen molar-refractivity contribution < 1.29 is 4.42 Å². The van der Waals surface area contributed by atoms with Crippen molar-refractivity contribution in [1.82, 2.24) is 4.98 Å². The third-order valence-electron chi connectivity index (χ3n) is 1.49. The summed E-state index contributed by atoms with van der Waals surface area (Å²) in [5, 5.41) is 2.94. The molecule has 0 radical (unpaired) electrons. The maximum Gasteiger partial charge on any atom is 0.181 e. The Bertz CT molecular complexity index is 466. The standard InChI is InChI=1S/C9H4INOS2/c10-13-4-3-7-1-2-9(14-7)8-5-11-6-12-8/h1-2,5-6H. The molecule has 0 saturated heterocycles. The first-order valence-corrected chi connectivity index (χ1v) is 7.85. The van der Waals surface area contributed by atoms with Crippen LogP contribution in [0.3, 0.4) is 0 Å². The molecule has 0 spiro atoms. The van der Waals surface area contributed by atoms with E-state index in [9.17, 15) is 0 Å². The molecule has 0 atom stereocenters. The molecule has 2 heterocycles. The normalized spacial score (nSPS) is 9.50. The lowest BCUT2D eigenvalue weighted by Gasteiger charge is -1.84. The maximum absolute atomic E-state index is 5.18. The summed E-state index contributed by atoms with van der Waals surface area (Å²) >= 11 is 3.76. The summed E-state index contributed by atoms with van der Waals surface area (Å²) in [5.41, 5.74) is 0. The second kappa shape index (κ2) is 4.87. The summed E-state index contributed by atoms with van der Waals surface area (Å²) in [4.78, 5) is 5.97. The van der Waals surface area contributed by atoms with Crippen LogP contribution in [0.15, 0.2) is 29.1 Å². The average Bonchev–Trinajstić information content (AvgIpc) is 2.85. The molecule has 0 fully saturated rings. The molecule has 2 rings (SSSR count). The summed E-state index contributed by atoms with van der Waals surface area (Å²) in [5.74, 6) is 3.84. The summed E-state index contributed by atoms with van der Waals surface area (Å²) in [6.45, 7) is 0. The van der Waals surface area contributed by atoms with Crippen LogP contribution in [0.25, 0.3) is 10.6 Å². The topological polar surface area (TPSA) is 26.0 Å². The molecular formula is C9H4INOS2. The number of nitrogens with zero attached hydrogens (tertiary/aromatic N) is 1. The lowest BCUT2D eigenvalue weighted by Crippen LogP contribution is -1.60. The molecule has 0 amide bonds. The summed E-state index contributed by atoms with van der Waals surface area (Å²) in [7, 11) is 1.48. The van der Waals surface area contributed by atoms with Crippen LogP contribution in [-0.4, -0.2) is 4.98 Å². The van der Waals surface area contributed by atoms with Crippen molar-refractivity contribution in [2.75, 3.05) is 0 Å². The fraction of sp³-hybridized carbons (Fsp3) is 0. The minimum atomic E-state index is 0.796. The molecule has 2 nitrogen and oxygen atoms in total. The second-order valence-electron chi connectivity index (χ2n) is 2.33. The lowest BCUT2D eigenvalue weighted by molar-refractivity contribution is 0.573. The quantitative estimate of drug-likeness (QED) is 0.587. The van der Waals surface area contributed by atoms with Gasteiger partial charge in [-0.25, -0.2) is 4.98 Å². The Kier molecular flexibility index (Phi) is 3.50. The van der Waals surface area contributed by atoms with E-state index in [4.69, 9.17) is 4.42 Å². The van der Waals surface area contributed by atoms with E-state index in [0.29, 0.717) is 0 Å². The van der Waals surface area contributed by atoms with Gasteiger partial charge in [-0.2, -0.15) is 0 Å². The van der Waals surface area contributed by atoms with Gasteiger partial charge in [0.1, 0.15) is 0 Å². The van der Waals surface area contributed by atoms with E-state index in [1.165, 1.54) is 15.3 Å². The molecule has 2 aromatic heterocycles. The van der Waals surface area contributed by atoms with Gasteiger partial charge >= 0.3 is 0 Å². The zero-order valence-electron chi connectivity index (χ0n) is 6.86. The minimum Gasteiger partial charge on any atom is -0.443 e. The Morgan fingerprint density at radius 1 is 1.50 bits per heavy atom. The van der Waals surface area contributed by atoms with Gasteiger partial charge in [0.25, 0.3) is 0 Å². The Morgan fingerprint density at radius 2 is 2.43 bits per heavy atom. The Morgan fingerprint density at radius 3 is 3.14 bits per heavy atom. The number of halogens is 1. The van der Waals surface area contributed by atoms with E-state index in [0.717, 1.165) is 15.5 Å². The van der Waals surface area contributed by atoms with Gasteiger partial charge in [-0.05, 0) is 32.2 Å². The Balaban J connectivity index is 2.26. The molecule has 0 N–H and O–H groups in total. The lowest BCUT2D eigenvalue weighted by atomic mass is 10.4. The van der Waals surface area contributed by atoms with Crippen molar-refractivity contribution in [3.63, 3.8) is 0 Å². The first-order chi connectivity index (χ1) is 6.90. The molecule has 14 heavy (non-hydrogen) atoms. The molecule has 0 aliphatic heterocycles. The maximum atomic E-state index is 5.18. The van der Waals surface area contributed by atoms with Crippen LogP contribution < -0.4 is 0 Å². The second-order valence-corrected chi connectivity index (χ2v) is 5.10. The van der Waals surface area contributed by atoms with Crippen molar-refractivity contribution in [1.29, 1.82) is 0 Å². The van der Waals surface area contributed by atoms with Gasteiger partial charge in [0.2, 0.25) is 0 Å². The molecular weight excluding hydrogens is 329 g/mol. The number of aromatic nitrogens is 1. The Hall–Kier alpha value is -0.450. The number of hydrogen-bond donors (Lipinski definition) is 0. The van der Waals surface area contributed by atoms with Gasteiger partial charge in [-0.3, -0.25) is 0 Å². The summed E-state index contributed by atoms with van der Waals surface area (Å²) < 4.78 is 5.18. The van der Waals surface area contributed by atoms with Crippen LogP contribution in [0.5, 0.6) is 0 Å². The monoisotopic (exact) mass is 333 g/mol. The van der Waals surface area contributed by atoms with Crippen LogP contribution >= 0.6 is 41.5 Å². The highest BCUT2D eigenvalue weighted by Gasteiger charge is 2.03. The van der Waals surface area contributed by atoms with Crippen molar-refractivity contribution in [3.05, 3.63) is 29.6 Å². The van der Waals surface area contributed by atoms with E-state index in [-0.39, 0.29) is 0 Å². The highest BCUT2D eigenvalue weighted by Crippen LogP contribution is 2.27. The Labute approximate surface area is 102 Å². The predicted molar refractivity (Wildman–Crippen MR) is 68.3 cm³/mol. The first-order valence-electron chi connectivity index (χ1n) is 3.67. The van der Waals surface area contributed by atoms with E-state index in [1.807, 2.05) is 12.1 Å². The molecule has 70 valence electrons. The molecule has 0 saturated carbocycles. The largest absolute Gasteiger partial charge is 0.443 e. The molecule has 2 aromatic rings. The predicted octanol–water partition coefficient (Wildman–Crippen LogP) is 3.80. The van der Waals surface area contributed by atoms with E-state index in [1.54, 1.807) is 17.5 Å². The third-order valence-corrected chi connectivity index (χ3v) is 3.35. The molecule has 0 bridgehead atoms. The summed E-state index contributed by atoms with van der Waals surface area (Å²) in [6.07, 6.45) is 3.14. The van der Waals surface area contributed by atoms with Crippen molar-refractivity contribution >= 4 is 41.5 Å². The van der Waals surface area contributed by atoms with Crippen LogP contribution in [0, 0.1) is 11.2 Å². The molecule has 0 aliphatic carbocycles. The summed E-state index contributed by atoms with van der Waals surface area (Å²) in [6, 6.07) is 3.98. The van der Waals surface area contributed by atoms with E-state index in [2.05, 4.69) is 37.4 Å².